The van der Waals surface area contributed by atoms with Gasteiger partial charge in [-0.25, -0.2) is 0 Å². The molecule has 0 atom stereocenters. The van der Waals surface area contributed by atoms with E-state index in [0.29, 0.717) is 0 Å². The minimum atomic E-state index is 0.881. The van der Waals surface area contributed by atoms with Gasteiger partial charge in [-0.15, -0.1) is 0 Å². The summed E-state index contributed by atoms with van der Waals surface area (Å²) in [5, 5.41) is 0. The zero-order chi connectivity index (χ0) is 9.10. The van der Waals surface area contributed by atoms with Gasteiger partial charge >= 0.3 is 0 Å². The summed E-state index contributed by atoms with van der Waals surface area (Å²) in [5.74, 6) is 0.881. The third-order valence-corrected chi connectivity index (χ3v) is 2.70. The van der Waals surface area contributed by atoms with Crippen LogP contribution in [-0.4, -0.2) is 12.8 Å². The number of hydrogen-bond acceptors (Lipinski definition) is 1. The monoisotopic (exact) mass is 237 g/mol. The van der Waals surface area contributed by atoms with Crippen molar-refractivity contribution < 1.29 is 0 Å². The highest BCUT2D eigenvalue weighted by molar-refractivity contribution is 9.10. The van der Waals surface area contributed by atoms with Crippen LogP contribution < -0.4 is 0 Å². The van der Waals surface area contributed by atoms with Crippen molar-refractivity contribution in [2.75, 3.05) is 6.54 Å². The molecule has 1 aromatic rings. The topological polar surface area (TPSA) is 12.4 Å². The number of nitrogens with zero attached hydrogens (tertiary/aromatic N) is 1. The van der Waals surface area contributed by atoms with Gasteiger partial charge in [0.25, 0.3) is 0 Å². The Labute approximate surface area is 87.0 Å². The van der Waals surface area contributed by atoms with Crippen LogP contribution in [-0.2, 0) is 0 Å². The summed E-state index contributed by atoms with van der Waals surface area (Å²) < 4.78 is 1.12. The van der Waals surface area contributed by atoms with Crippen LogP contribution in [0, 0.1) is 5.92 Å². The van der Waals surface area contributed by atoms with Gasteiger partial charge in [-0.05, 0) is 36.5 Å². The molecule has 13 heavy (non-hydrogen) atoms. The minimum absolute atomic E-state index is 0.881. The van der Waals surface area contributed by atoms with E-state index in [4.69, 9.17) is 0 Å². The molecule has 0 heterocycles. The van der Waals surface area contributed by atoms with E-state index < -0.39 is 0 Å². The van der Waals surface area contributed by atoms with E-state index in [0.717, 1.165) is 16.9 Å². The second kappa shape index (κ2) is 4.05. The van der Waals surface area contributed by atoms with Gasteiger partial charge in [-0.1, -0.05) is 28.1 Å². The maximum Gasteiger partial charge on any atom is 0.0417 e. The Balaban J connectivity index is 1.92. The third-order valence-electron chi connectivity index (χ3n) is 2.17. The summed E-state index contributed by atoms with van der Waals surface area (Å²) in [5.41, 5.74) is 1.18. The zero-order valence-electron chi connectivity index (χ0n) is 7.41. The van der Waals surface area contributed by atoms with Crippen LogP contribution in [0.15, 0.2) is 33.7 Å². The molecule has 1 aliphatic carbocycles. The van der Waals surface area contributed by atoms with Crippen molar-refractivity contribution in [3.05, 3.63) is 34.3 Å². The van der Waals surface area contributed by atoms with Crippen LogP contribution in [0.1, 0.15) is 18.4 Å². The van der Waals surface area contributed by atoms with Crippen molar-refractivity contribution in [2.24, 2.45) is 10.9 Å². The van der Waals surface area contributed by atoms with Gasteiger partial charge in [0.1, 0.15) is 0 Å². The SMILES string of the molecule is Brc1ccc(C=NCC2CC2)cc1. The lowest BCUT2D eigenvalue weighted by molar-refractivity contribution is 0.852. The molecule has 2 heteroatoms. The Morgan fingerprint density at radius 1 is 1.31 bits per heavy atom. The highest BCUT2D eigenvalue weighted by atomic mass is 79.9. The third kappa shape index (κ3) is 2.96. The van der Waals surface area contributed by atoms with Gasteiger partial charge < -0.3 is 0 Å². The Kier molecular flexibility index (Phi) is 2.79. The normalized spacial score (nSPS) is 16.7. The molecular weight excluding hydrogens is 226 g/mol. The van der Waals surface area contributed by atoms with Gasteiger partial charge in [0.2, 0.25) is 0 Å². The lowest BCUT2D eigenvalue weighted by Gasteiger charge is -1.93. The zero-order valence-corrected chi connectivity index (χ0v) is 9.00. The molecule has 0 aromatic heterocycles. The quantitative estimate of drug-likeness (QED) is 0.716. The molecule has 0 saturated heterocycles. The summed E-state index contributed by atoms with van der Waals surface area (Å²) in [6.07, 6.45) is 4.71. The Bertz CT molecular complexity index is 298. The fourth-order valence-corrected chi connectivity index (χ4v) is 1.42. The Morgan fingerprint density at radius 3 is 2.62 bits per heavy atom. The molecule has 68 valence electrons. The van der Waals surface area contributed by atoms with E-state index >= 15 is 0 Å². The average Bonchev–Trinajstić information content (AvgIpc) is 2.92. The smallest absolute Gasteiger partial charge is 0.0417 e. The van der Waals surface area contributed by atoms with Crippen LogP contribution in [0.3, 0.4) is 0 Å². The largest absolute Gasteiger partial charge is 0.292 e. The van der Waals surface area contributed by atoms with E-state index in [9.17, 15) is 0 Å². The molecule has 0 radical (unpaired) electrons. The lowest BCUT2D eigenvalue weighted by Crippen LogP contribution is -1.85. The first kappa shape index (κ1) is 8.95. The number of aliphatic imine (C=N–C) groups is 1. The molecule has 1 nitrogen and oxygen atoms in total. The van der Waals surface area contributed by atoms with Crippen LogP contribution in [0.25, 0.3) is 0 Å². The van der Waals surface area contributed by atoms with Crippen molar-refractivity contribution in [1.29, 1.82) is 0 Å². The second-order valence-corrected chi connectivity index (χ2v) is 4.40. The van der Waals surface area contributed by atoms with E-state index in [1.165, 1.54) is 18.4 Å². The molecule has 0 amide bonds. The fourth-order valence-electron chi connectivity index (χ4n) is 1.16. The number of rotatable bonds is 3. The molecule has 0 N–H and O–H groups in total. The van der Waals surface area contributed by atoms with Gasteiger partial charge in [0.05, 0.1) is 0 Å². The van der Waals surface area contributed by atoms with Crippen LogP contribution >= 0.6 is 15.9 Å². The van der Waals surface area contributed by atoms with Crippen molar-refractivity contribution in [3.63, 3.8) is 0 Å². The van der Waals surface area contributed by atoms with E-state index in [1.54, 1.807) is 0 Å². The maximum atomic E-state index is 4.39. The van der Waals surface area contributed by atoms with E-state index in [2.05, 4.69) is 33.1 Å². The summed E-state index contributed by atoms with van der Waals surface area (Å²) in [4.78, 5) is 4.39. The Morgan fingerprint density at radius 2 is 2.00 bits per heavy atom. The first-order valence-electron chi connectivity index (χ1n) is 4.60. The predicted octanol–water partition coefficient (Wildman–Crippen LogP) is 3.28. The highest BCUT2D eigenvalue weighted by Crippen LogP contribution is 2.28. The molecular formula is C11H12BrN. The molecule has 1 aliphatic rings. The van der Waals surface area contributed by atoms with Crippen molar-refractivity contribution in [1.82, 2.24) is 0 Å². The average molecular weight is 238 g/mol. The lowest BCUT2D eigenvalue weighted by atomic mass is 10.2. The first-order chi connectivity index (χ1) is 6.34. The molecule has 0 aliphatic heterocycles. The summed E-state index contributed by atoms with van der Waals surface area (Å²) in [6.45, 7) is 1.01. The summed E-state index contributed by atoms with van der Waals surface area (Å²) in [7, 11) is 0. The molecule has 1 saturated carbocycles. The van der Waals surface area contributed by atoms with Crippen molar-refractivity contribution in [3.8, 4) is 0 Å². The van der Waals surface area contributed by atoms with Crippen LogP contribution in [0.5, 0.6) is 0 Å². The Hall–Kier alpha value is -0.630. The van der Waals surface area contributed by atoms with Crippen molar-refractivity contribution in [2.45, 2.75) is 12.8 Å². The maximum absolute atomic E-state index is 4.39. The molecule has 0 unspecified atom stereocenters. The number of halogens is 1. The number of hydrogen-bond donors (Lipinski definition) is 0. The standard InChI is InChI=1S/C11H12BrN/c12-11-5-3-10(4-6-11)8-13-7-9-1-2-9/h3-6,8-9H,1-2,7H2. The number of benzene rings is 1. The fraction of sp³-hybridized carbons (Fsp3) is 0.364. The molecule has 1 fully saturated rings. The first-order valence-corrected chi connectivity index (χ1v) is 5.39. The van der Waals surface area contributed by atoms with Crippen LogP contribution in [0.2, 0.25) is 0 Å². The van der Waals surface area contributed by atoms with Gasteiger partial charge in [0, 0.05) is 17.2 Å². The van der Waals surface area contributed by atoms with Gasteiger partial charge in [0.15, 0.2) is 0 Å². The van der Waals surface area contributed by atoms with E-state index in [-0.39, 0.29) is 0 Å². The van der Waals surface area contributed by atoms with Gasteiger partial charge in [-0.2, -0.15) is 0 Å². The van der Waals surface area contributed by atoms with Gasteiger partial charge in [-0.3, -0.25) is 4.99 Å². The van der Waals surface area contributed by atoms with Crippen LogP contribution in [0.4, 0.5) is 0 Å². The highest BCUT2D eigenvalue weighted by Gasteiger charge is 2.19. The molecule has 2 rings (SSSR count). The molecule has 1 aromatic carbocycles. The molecule has 0 spiro atoms. The summed E-state index contributed by atoms with van der Waals surface area (Å²) >= 11 is 3.40. The minimum Gasteiger partial charge on any atom is -0.292 e. The van der Waals surface area contributed by atoms with Crippen molar-refractivity contribution >= 4 is 22.1 Å². The predicted molar refractivity (Wildman–Crippen MR) is 59.3 cm³/mol. The summed E-state index contributed by atoms with van der Waals surface area (Å²) in [6, 6.07) is 8.22. The molecule has 0 bridgehead atoms. The van der Waals surface area contributed by atoms with E-state index in [1.807, 2.05) is 18.3 Å². The second-order valence-electron chi connectivity index (χ2n) is 3.49.